The number of aromatic nitrogens is 1. The van der Waals surface area contributed by atoms with Crippen LogP contribution in [-0.4, -0.2) is 66.4 Å². The van der Waals surface area contributed by atoms with E-state index in [1.54, 1.807) is 0 Å². The summed E-state index contributed by atoms with van der Waals surface area (Å²) in [6.45, 7) is 2.57. The maximum Gasteiger partial charge on any atom is 0.341 e. The van der Waals surface area contributed by atoms with Crippen molar-refractivity contribution in [2.24, 2.45) is 0 Å². The number of aromatic carboxylic acids is 1. The lowest BCUT2D eigenvalue weighted by molar-refractivity contribution is 0.0695. The van der Waals surface area contributed by atoms with E-state index in [4.69, 9.17) is 4.74 Å². The minimum absolute atomic E-state index is 0. The molecule has 2 aromatic carbocycles. The van der Waals surface area contributed by atoms with Crippen LogP contribution in [0.15, 0.2) is 41.3 Å². The number of rotatable bonds is 4. The first-order valence-corrected chi connectivity index (χ1v) is 9.70. The summed E-state index contributed by atoms with van der Waals surface area (Å²) in [7, 11) is 3.35. The quantitative estimate of drug-likeness (QED) is 0.610. The second-order valence-corrected chi connectivity index (χ2v) is 7.45. The molecule has 2 heterocycles. The molecule has 33 heavy (non-hydrogen) atoms. The van der Waals surface area contributed by atoms with E-state index < -0.39 is 28.6 Å². The average Bonchev–Trinajstić information content (AvgIpc) is 2.75. The minimum Gasteiger partial charge on any atom is -0.492 e. The number of pyridine rings is 1. The fourth-order valence-electron chi connectivity index (χ4n) is 3.89. The molecular formula is C22H24ClF2N3O5. The molecule has 0 spiro atoms. The summed E-state index contributed by atoms with van der Waals surface area (Å²) in [6, 6.07) is 6.39. The van der Waals surface area contributed by atoms with Crippen LogP contribution in [0, 0.1) is 11.6 Å². The molecule has 1 fully saturated rings. The molecule has 4 rings (SSSR count). The van der Waals surface area contributed by atoms with E-state index >= 15 is 4.39 Å². The van der Waals surface area contributed by atoms with Crippen LogP contribution in [0.2, 0.25) is 0 Å². The van der Waals surface area contributed by atoms with Gasteiger partial charge < -0.3 is 29.7 Å². The van der Waals surface area contributed by atoms with Gasteiger partial charge >= 0.3 is 5.97 Å². The van der Waals surface area contributed by atoms with Crippen molar-refractivity contribution in [1.82, 2.24) is 9.47 Å². The van der Waals surface area contributed by atoms with Crippen LogP contribution < -0.4 is 15.1 Å². The van der Waals surface area contributed by atoms with Crippen LogP contribution >= 0.6 is 12.4 Å². The Morgan fingerprint density at radius 3 is 2.24 bits per heavy atom. The maximum atomic E-state index is 15.3. The highest BCUT2D eigenvalue weighted by Gasteiger charge is 2.27. The number of anilines is 1. The Labute approximate surface area is 194 Å². The number of hydrogen-bond acceptors (Lipinski definition) is 5. The number of benzene rings is 2. The van der Waals surface area contributed by atoms with Crippen LogP contribution in [0.3, 0.4) is 0 Å². The molecule has 1 saturated heterocycles. The first kappa shape index (κ1) is 26.0. The Morgan fingerprint density at radius 2 is 1.70 bits per heavy atom. The van der Waals surface area contributed by atoms with Crippen molar-refractivity contribution in [2.75, 3.05) is 45.2 Å². The SMILES string of the molecule is COc1c(N2CCN(C)CC2)c(F)cc2c(=O)c(C(=O)O)cn(-c3ccc(F)cc3)c12.Cl.O. The first-order chi connectivity index (χ1) is 14.8. The molecule has 0 atom stereocenters. The van der Waals surface area contributed by atoms with Crippen molar-refractivity contribution < 1.29 is 28.9 Å². The number of hydrogen-bond donors (Lipinski definition) is 1. The first-order valence-electron chi connectivity index (χ1n) is 9.70. The third-order valence-electron chi connectivity index (χ3n) is 5.53. The van der Waals surface area contributed by atoms with Gasteiger partial charge in [-0.15, -0.1) is 12.4 Å². The minimum atomic E-state index is -1.44. The van der Waals surface area contributed by atoms with Gasteiger partial charge in [-0.05, 0) is 37.4 Å². The molecule has 1 aliphatic heterocycles. The van der Waals surface area contributed by atoms with Gasteiger partial charge in [0, 0.05) is 38.1 Å². The zero-order valence-corrected chi connectivity index (χ0v) is 18.8. The number of carboxylic acids is 1. The van der Waals surface area contributed by atoms with Crippen molar-refractivity contribution in [3.63, 3.8) is 0 Å². The summed E-state index contributed by atoms with van der Waals surface area (Å²) in [5, 5.41) is 9.38. The molecule has 3 aromatic rings. The molecule has 1 aliphatic rings. The standard InChI is InChI=1S/C22H21F2N3O4.ClH.H2O/c1-25-7-9-26(10-8-25)19-17(24)11-15-18(21(19)31-2)27(12-16(20(15)28)22(29)30)14-5-3-13(23)4-6-14;;/h3-6,11-12H,7-10H2,1-2H3,(H,29,30);1H;1H2. The maximum absolute atomic E-state index is 15.3. The van der Waals surface area contributed by atoms with E-state index in [0.29, 0.717) is 18.8 Å². The molecule has 1 aromatic heterocycles. The van der Waals surface area contributed by atoms with Gasteiger partial charge in [-0.2, -0.15) is 0 Å². The van der Waals surface area contributed by atoms with Gasteiger partial charge in [0.1, 0.15) is 22.6 Å². The largest absolute Gasteiger partial charge is 0.492 e. The van der Waals surface area contributed by atoms with E-state index in [0.717, 1.165) is 25.4 Å². The van der Waals surface area contributed by atoms with Crippen LogP contribution in [0.4, 0.5) is 14.5 Å². The third-order valence-corrected chi connectivity index (χ3v) is 5.53. The third kappa shape index (κ3) is 4.63. The Bertz CT molecular complexity index is 1230. The molecule has 3 N–H and O–H groups in total. The summed E-state index contributed by atoms with van der Waals surface area (Å²) in [6.07, 6.45) is 1.16. The number of likely N-dealkylation sites (N-methyl/N-ethyl adjacent to an activating group) is 1. The highest BCUT2D eigenvalue weighted by atomic mass is 35.5. The zero-order valence-electron chi connectivity index (χ0n) is 18.0. The fraction of sp³-hybridized carbons (Fsp3) is 0.273. The predicted molar refractivity (Wildman–Crippen MR) is 124 cm³/mol. The second-order valence-electron chi connectivity index (χ2n) is 7.45. The summed E-state index contributed by atoms with van der Waals surface area (Å²) < 4.78 is 35.8. The lowest BCUT2D eigenvalue weighted by Gasteiger charge is -2.35. The summed E-state index contributed by atoms with van der Waals surface area (Å²) in [5.41, 5.74) is -0.502. The molecule has 0 radical (unpaired) electrons. The molecule has 178 valence electrons. The summed E-state index contributed by atoms with van der Waals surface area (Å²) in [5.74, 6) is -2.45. The zero-order chi connectivity index (χ0) is 22.3. The molecule has 0 unspecified atom stereocenters. The topological polar surface area (TPSA) is 107 Å². The van der Waals surface area contributed by atoms with Crippen LogP contribution in [-0.2, 0) is 0 Å². The Morgan fingerprint density at radius 1 is 1.09 bits per heavy atom. The highest BCUT2D eigenvalue weighted by Crippen LogP contribution is 2.39. The second kappa shape index (κ2) is 10.2. The van der Waals surface area contributed by atoms with Gasteiger partial charge in [-0.25, -0.2) is 13.6 Å². The van der Waals surface area contributed by atoms with Crippen LogP contribution in [0.1, 0.15) is 10.4 Å². The summed E-state index contributed by atoms with van der Waals surface area (Å²) >= 11 is 0. The monoisotopic (exact) mass is 483 g/mol. The van der Waals surface area contributed by atoms with Crippen molar-refractivity contribution >= 4 is 35.0 Å². The molecule has 8 nitrogen and oxygen atoms in total. The smallest absolute Gasteiger partial charge is 0.341 e. The molecule has 0 saturated carbocycles. The average molecular weight is 484 g/mol. The van der Waals surface area contributed by atoms with Gasteiger partial charge in [0.15, 0.2) is 11.6 Å². The van der Waals surface area contributed by atoms with Crippen molar-refractivity contribution in [3.8, 4) is 11.4 Å². The molecule has 0 bridgehead atoms. The van der Waals surface area contributed by atoms with Gasteiger partial charge in [0.2, 0.25) is 5.43 Å². The highest BCUT2D eigenvalue weighted by molar-refractivity contribution is 5.97. The van der Waals surface area contributed by atoms with Gasteiger partial charge in [-0.1, -0.05) is 0 Å². The number of fused-ring (bicyclic) bond motifs is 1. The Hall–Kier alpha value is -3.21. The van der Waals surface area contributed by atoms with Gasteiger partial charge in [-0.3, -0.25) is 4.79 Å². The van der Waals surface area contributed by atoms with Crippen LogP contribution in [0.5, 0.6) is 5.75 Å². The molecule has 11 heteroatoms. The Kier molecular flexibility index (Phi) is 8.02. The number of ether oxygens (including phenoxy) is 1. The molecular weight excluding hydrogens is 460 g/mol. The summed E-state index contributed by atoms with van der Waals surface area (Å²) in [4.78, 5) is 28.5. The number of carboxylic acid groups (broad SMARTS) is 1. The van der Waals surface area contributed by atoms with Crippen LogP contribution in [0.25, 0.3) is 16.6 Å². The number of piperazine rings is 1. The van der Waals surface area contributed by atoms with E-state index in [1.807, 2.05) is 11.9 Å². The Balaban J connectivity index is 0.00000193. The molecule has 0 aliphatic carbocycles. The molecule has 0 amide bonds. The van der Waals surface area contributed by atoms with E-state index in [2.05, 4.69) is 4.90 Å². The lowest BCUT2D eigenvalue weighted by Crippen LogP contribution is -2.45. The number of halogens is 3. The van der Waals surface area contributed by atoms with Crippen molar-refractivity contribution in [3.05, 3.63) is 63.9 Å². The number of methoxy groups -OCH3 is 1. The van der Waals surface area contributed by atoms with E-state index in [9.17, 15) is 19.1 Å². The lowest BCUT2D eigenvalue weighted by atomic mass is 10.1. The predicted octanol–water partition coefficient (Wildman–Crippen LogP) is 2.32. The number of carbonyl (C=O) groups is 1. The fourth-order valence-corrected chi connectivity index (χ4v) is 3.89. The van der Waals surface area contributed by atoms with Crippen molar-refractivity contribution in [1.29, 1.82) is 0 Å². The van der Waals surface area contributed by atoms with E-state index in [1.165, 1.54) is 35.9 Å². The number of nitrogens with zero attached hydrogens (tertiary/aromatic N) is 3. The van der Waals surface area contributed by atoms with Crippen molar-refractivity contribution in [2.45, 2.75) is 0 Å². The van der Waals surface area contributed by atoms with Gasteiger partial charge in [0.25, 0.3) is 0 Å². The normalized spacial score (nSPS) is 13.9. The van der Waals surface area contributed by atoms with E-state index in [-0.39, 0.29) is 40.2 Å². The van der Waals surface area contributed by atoms with Gasteiger partial charge in [0.05, 0.1) is 12.5 Å².